The highest BCUT2D eigenvalue weighted by Crippen LogP contribution is 2.26. The first-order valence-corrected chi connectivity index (χ1v) is 11.6. The molecule has 4 aromatic rings. The summed E-state index contributed by atoms with van der Waals surface area (Å²) in [6.07, 6.45) is 1.73. The van der Waals surface area contributed by atoms with Crippen molar-refractivity contribution in [3.8, 4) is 0 Å². The van der Waals surface area contributed by atoms with Gasteiger partial charge in [0.15, 0.2) is 23.2 Å². The Hall–Kier alpha value is -4.51. The van der Waals surface area contributed by atoms with E-state index in [1.165, 1.54) is 6.07 Å². The largest absolute Gasteiger partial charge is 0.378 e. The Morgan fingerprint density at radius 1 is 0.868 bits per heavy atom. The van der Waals surface area contributed by atoms with Crippen molar-refractivity contribution in [3.63, 3.8) is 0 Å². The van der Waals surface area contributed by atoms with Crippen molar-refractivity contribution in [2.45, 2.75) is 0 Å². The van der Waals surface area contributed by atoms with Crippen molar-refractivity contribution < 1.29 is 31.9 Å². The predicted molar refractivity (Wildman–Crippen MR) is 134 cm³/mol. The van der Waals surface area contributed by atoms with E-state index in [1.54, 1.807) is 18.3 Å². The van der Waals surface area contributed by atoms with Crippen LogP contribution in [0.5, 0.6) is 0 Å². The molecule has 2 heterocycles. The quantitative estimate of drug-likeness (QED) is 0.266. The number of nitrogens with one attached hydrogen (secondary N) is 2. The number of amides is 2. The lowest BCUT2D eigenvalue weighted by atomic mass is 10.00. The Morgan fingerprint density at radius 3 is 2.42 bits per heavy atom. The fraction of sp³-hybridized carbons (Fsp3) is 0.148. The van der Waals surface area contributed by atoms with Crippen LogP contribution >= 0.6 is 0 Å². The molecule has 1 aliphatic rings. The van der Waals surface area contributed by atoms with Crippen molar-refractivity contribution in [2.75, 3.05) is 41.8 Å². The van der Waals surface area contributed by atoms with Gasteiger partial charge in [-0.25, -0.2) is 22.4 Å². The maximum atomic E-state index is 15.3. The lowest BCUT2D eigenvalue weighted by molar-refractivity contribution is 0.103. The molecule has 0 bridgehead atoms. The SMILES string of the molecule is O=C(Nc1ccc(F)c(F)c1)Nc1cc(F)cc(C(=O)c2ccc3ncc(N4CCOCC4)cc3c2)c1F. The van der Waals surface area contributed by atoms with Gasteiger partial charge in [0.05, 0.1) is 41.9 Å². The van der Waals surface area contributed by atoms with Crippen LogP contribution in [0.2, 0.25) is 0 Å². The highest BCUT2D eigenvalue weighted by molar-refractivity contribution is 6.11. The molecule has 1 fully saturated rings. The van der Waals surface area contributed by atoms with E-state index >= 15 is 4.39 Å². The number of halogens is 4. The molecule has 0 unspecified atom stereocenters. The first kappa shape index (κ1) is 25.2. The normalized spacial score (nSPS) is 13.4. The molecule has 0 aliphatic carbocycles. The van der Waals surface area contributed by atoms with E-state index in [4.69, 9.17) is 4.74 Å². The van der Waals surface area contributed by atoms with Crippen LogP contribution in [0.1, 0.15) is 15.9 Å². The number of hydrogen-bond acceptors (Lipinski definition) is 5. The van der Waals surface area contributed by atoms with Gasteiger partial charge < -0.3 is 20.3 Å². The molecule has 1 aliphatic heterocycles. The summed E-state index contributed by atoms with van der Waals surface area (Å²) >= 11 is 0. The number of aromatic nitrogens is 1. The second-order valence-corrected chi connectivity index (χ2v) is 8.55. The molecule has 0 atom stereocenters. The summed E-state index contributed by atoms with van der Waals surface area (Å²) in [7, 11) is 0. The third-order valence-electron chi connectivity index (χ3n) is 6.01. The van der Waals surface area contributed by atoms with Crippen molar-refractivity contribution in [2.24, 2.45) is 0 Å². The average Bonchev–Trinajstić information content (AvgIpc) is 2.92. The summed E-state index contributed by atoms with van der Waals surface area (Å²) in [6, 6.07) is 9.48. The number of morpholine rings is 1. The lowest BCUT2D eigenvalue weighted by Gasteiger charge is -2.28. The Bertz CT molecular complexity index is 1560. The molecule has 1 aromatic heterocycles. The zero-order valence-electron chi connectivity index (χ0n) is 19.7. The minimum atomic E-state index is -1.20. The number of fused-ring (bicyclic) bond motifs is 1. The molecule has 1 saturated heterocycles. The minimum Gasteiger partial charge on any atom is -0.378 e. The smallest absolute Gasteiger partial charge is 0.323 e. The van der Waals surface area contributed by atoms with Gasteiger partial charge in [-0.05, 0) is 42.5 Å². The van der Waals surface area contributed by atoms with Crippen LogP contribution < -0.4 is 15.5 Å². The summed E-state index contributed by atoms with van der Waals surface area (Å²) in [5.74, 6) is -5.23. The standard InChI is InChI=1S/C27H20F4N4O3/c28-17-11-20(25(31)24(12-17)34-27(37)33-18-2-3-21(29)22(30)13-18)26(36)15-1-4-23-16(9-15)10-19(14-32-23)35-5-7-38-8-6-35/h1-4,9-14H,5-8H2,(H2,33,34,37). The van der Waals surface area contributed by atoms with Gasteiger partial charge in [-0.15, -0.1) is 0 Å². The van der Waals surface area contributed by atoms with Crippen LogP contribution in [0.25, 0.3) is 10.9 Å². The van der Waals surface area contributed by atoms with Gasteiger partial charge in [-0.2, -0.15) is 0 Å². The van der Waals surface area contributed by atoms with E-state index in [-0.39, 0.29) is 11.3 Å². The molecule has 3 aromatic carbocycles. The van der Waals surface area contributed by atoms with Gasteiger partial charge in [-0.1, -0.05) is 0 Å². The van der Waals surface area contributed by atoms with Gasteiger partial charge in [0.2, 0.25) is 0 Å². The third kappa shape index (κ3) is 5.28. The predicted octanol–water partition coefficient (Wildman–Crippen LogP) is 5.50. The highest BCUT2D eigenvalue weighted by atomic mass is 19.2. The fourth-order valence-electron chi connectivity index (χ4n) is 4.12. The Kier molecular flexibility index (Phi) is 6.93. The van der Waals surface area contributed by atoms with Gasteiger partial charge in [0.1, 0.15) is 5.82 Å². The number of carbonyl (C=O) groups excluding carboxylic acids is 2. The number of ketones is 1. The molecule has 194 valence electrons. The van der Waals surface area contributed by atoms with E-state index in [9.17, 15) is 22.8 Å². The van der Waals surface area contributed by atoms with E-state index in [1.807, 2.05) is 6.07 Å². The second-order valence-electron chi connectivity index (χ2n) is 8.55. The zero-order valence-corrected chi connectivity index (χ0v) is 19.7. The third-order valence-corrected chi connectivity index (χ3v) is 6.01. The first-order valence-electron chi connectivity index (χ1n) is 11.6. The maximum absolute atomic E-state index is 15.3. The van der Waals surface area contributed by atoms with Crippen molar-refractivity contribution >= 4 is 39.8 Å². The number of nitrogens with zero attached hydrogens (tertiary/aromatic N) is 2. The van der Waals surface area contributed by atoms with Crippen LogP contribution in [-0.2, 0) is 4.74 Å². The fourth-order valence-corrected chi connectivity index (χ4v) is 4.12. The van der Waals surface area contributed by atoms with E-state index in [0.717, 1.165) is 30.0 Å². The minimum absolute atomic E-state index is 0.0973. The van der Waals surface area contributed by atoms with Crippen LogP contribution in [0.4, 0.5) is 39.4 Å². The summed E-state index contributed by atoms with van der Waals surface area (Å²) in [5, 5.41) is 4.92. The maximum Gasteiger partial charge on any atom is 0.323 e. The Labute approximate surface area is 214 Å². The van der Waals surface area contributed by atoms with Crippen LogP contribution in [-0.4, -0.2) is 43.1 Å². The van der Waals surface area contributed by atoms with Gasteiger partial charge in [0, 0.05) is 41.9 Å². The number of urea groups is 1. The molecule has 11 heteroatoms. The Morgan fingerprint density at radius 2 is 1.66 bits per heavy atom. The molecular weight excluding hydrogens is 504 g/mol. The van der Waals surface area contributed by atoms with E-state index in [0.29, 0.717) is 43.3 Å². The first-order chi connectivity index (χ1) is 18.3. The lowest BCUT2D eigenvalue weighted by Crippen LogP contribution is -2.36. The number of anilines is 3. The molecule has 0 saturated carbocycles. The molecular formula is C27H20F4N4O3. The van der Waals surface area contributed by atoms with Crippen molar-refractivity contribution in [3.05, 3.63) is 95.2 Å². The Balaban J connectivity index is 1.40. The number of pyridine rings is 1. The van der Waals surface area contributed by atoms with Crippen LogP contribution in [0.15, 0.2) is 60.8 Å². The summed E-state index contributed by atoms with van der Waals surface area (Å²) in [4.78, 5) is 32.0. The van der Waals surface area contributed by atoms with Crippen LogP contribution in [0.3, 0.4) is 0 Å². The number of ether oxygens (including phenoxy) is 1. The zero-order chi connectivity index (χ0) is 26.8. The molecule has 0 spiro atoms. The van der Waals surface area contributed by atoms with E-state index in [2.05, 4.69) is 20.5 Å². The monoisotopic (exact) mass is 524 g/mol. The summed E-state index contributed by atoms with van der Waals surface area (Å²) in [6.45, 7) is 2.56. The topological polar surface area (TPSA) is 83.6 Å². The summed E-state index contributed by atoms with van der Waals surface area (Å²) < 4.78 is 61.5. The number of benzene rings is 3. The van der Waals surface area contributed by atoms with Crippen molar-refractivity contribution in [1.82, 2.24) is 4.98 Å². The van der Waals surface area contributed by atoms with Gasteiger partial charge in [-0.3, -0.25) is 9.78 Å². The summed E-state index contributed by atoms with van der Waals surface area (Å²) in [5.41, 5.74) is 0.251. The molecule has 38 heavy (non-hydrogen) atoms. The number of rotatable bonds is 5. The molecule has 5 rings (SSSR count). The van der Waals surface area contributed by atoms with Gasteiger partial charge >= 0.3 is 6.03 Å². The molecule has 0 radical (unpaired) electrons. The van der Waals surface area contributed by atoms with E-state index < -0.39 is 46.3 Å². The molecule has 2 amide bonds. The molecule has 7 nitrogen and oxygen atoms in total. The number of hydrogen-bond donors (Lipinski definition) is 2. The van der Waals surface area contributed by atoms with Crippen LogP contribution in [0, 0.1) is 23.3 Å². The van der Waals surface area contributed by atoms with Crippen molar-refractivity contribution in [1.29, 1.82) is 0 Å². The average molecular weight is 524 g/mol. The second kappa shape index (κ2) is 10.5. The number of carbonyl (C=O) groups is 2. The molecule has 2 N–H and O–H groups in total. The van der Waals surface area contributed by atoms with Gasteiger partial charge in [0.25, 0.3) is 0 Å². The highest BCUT2D eigenvalue weighted by Gasteiger charge is 2.21.